The maximum atomic E-state index is 12.1. The van der Waals surface area contributed by atoms with E-state index in [-0.39, 0.29) is 25.6 Å². The summed E-state index contributed by atoms with van der Waals surface area (Å²) in [5.74, 6) is -0.725. The molecule has 0 saturated heterocycles. The highest BCUT2D eigenvalue weighted by Gasteiger charge is 2.15. The SMILES string of the molecule is CC/C=C/C=C/C=C/C=C/CCCCCC(=O)OCC(CO)OC(=O)CCC/C=C/C/C=C/C/C=C/C/C=C/C/C=C/C/C=C/C/C=C/CC. The quantitative estimate of drug-likeness (QED) is 0.0340. The molecule has 0 aliphatic carbocycles. The van der Waals surface area contributed by atoms with Gasteiger partial charge in [0.15, 0.2) is 6.10 Å². The van der Waals surface area contributed by atoms with Crippen molar-refractivity contribution in [3.63, 3.8) is 0 Å². The Hall–Kier alpha value is -3.96. The molecule has 0 radical (unpaired) electrons. The molecular formula is C45H66O5. The summed E-state index contributed by atoms with van der Waals surface area (Å²) in [6, 6.07) is 0. The maximum absolute atomic E-state index is 12.1. The van der Waals surface area contributed by atoms with Crippen molar-refractivity contribution in [3.8, 4) is 0 Å². The number of unbranched alkanes of at least 4 members (excludes halogenated alkanes) is 4. The second-order valence-electron chi connectivity index (χ2n) is 11.6. The third-order valence-electron chi connectivity index (χ3n) is 7.03. The molecular weight excluding hydrogens is 620 g/mol. The van der Waals surface area contributed by atoms with E-state index < -0.39 is 12.1 Å². The van der Waals surface area contributed by atoms with Gasteiger partial charge in [0.05, 0.1) is 6.61 Å². The van der Waals surface area contributed by atoms with Gasteiger partial charge >= 0.3 is 11.9 Å². The van der Waals surface area contributed by atoms with Gasteiger partial charge in [0.1, 0.15) is 6.61 Å². The standard InChI is InChI=1S/C45H66O5/c1-3-5-7-9-11-13-15-17-18-19-20-21-22-23-24-25-26-28-30-32-34-36-38-40-45(48)50-43(41-46)42-49-44(47)39-37-35-33-31-29-27-16-14-12-10-8-6-4-2/h5-8,10-14,16-18,20-21,23-24,26-29,32,34,43,46H,3-4,9,15,19,22,25,30-31,33,35-42H2,1-2H3/b7-5+,8-6+,12-10+,13-11+,16-14+,18-17+,21-20+,24-23+,28-26+,29-27+,34-32+. The van der Waals surface area contributed by atoms with Crippen molar-refractivity contribution in [1.29, 1.82) is 0 Å². The molecule has 5 heteroatoms. The summed E-state index contributed by atoms with van der Waals surface area (Å²) in [6.07, 6.45) is 59.4. The molecule has 1 N–H and O–H groups in total. The van der Waals surface area contributed by atoms with Crippen LogP contribution >= 0.6 is 0 Å². The van der Waals surface area contributed by atoms with Crippen LogP contribution in [0.1, 0.15) is 117 Å². The van der Waals surface area contributed by atoms with Gasteiger partial charge in [-0.05, 0) is 83.5 Å². The van der Waals surface area contributed by atoms with E-state index in [1.54, 1.807) is 0 Å². The normalized spacial score (nSPS) is 13.7. The Balaban J connectivity index is 3.82. The van der Waals surface area contributed by atoms with Crippen LogP contribution in [0, 0.1) is 0 Å². The molecule has 0 fully saturated rings. The number of allylic oxidation sites excluding steroid dienone is 22. The van der Waals surface area contributed by atoms with E-state index in [1.807, 2.05) is 36.5 Å². The van der Waals surface area contributed by atoms with Gasteiger partial charge in [-0.2, -0.15) is 0 Å². The van der Waals surface area contributed by atoms with Crippen molar-refractivity contribution in [3.05, 3.63) is 134 Å². The van der Waals surface area contributed by atoms with Crippen LogP contribution in [-0.2, 0) is 19.1 Å². The molecule has 0 rings (SSSR count). The van der Waals surface area contributed by atoms with Crippen molar-refractivity contribution in [2.45, 2.75) is 123 Å². The Bertz CT molecular complexity index is 1140. The monoisotopic (exact) mass is 686 g/mol. The zero-order chi connectivity index (χ0) is 36.4. The first-order chi connectivity index (χ1) is 24.6. The van der Waals surface area contributed by atoms with Crippen molar-refractivity contribution in [1.82, 2.24) is 0 Å². The van der Waals surface area contributed by atoms with Gasteiger partial charge in [-0.25, -0.2) is 0 Å². The molecule has 0 heterocycles. The van der Waals surface area contributed by atoms with Crippen LogP contribution in [0.25, 0.3) is 0 Å². The molecule has 0 aromatic carbocycles. The molecule has 0 aromatic heterocycles. The molecule has 1 atom stereocenters. The second kappa shape index (κ2) is 39.5. The van der Waals surface area contributed by atoms with E-state index >= 15 is 0 Å². The number of aliphatic hydroxyl groups excluding tert-OH is 1. The lowest BCUT2D eigenvalue weighted by Gasteiger charge is -2.15. The first-order valence-electron chi connectivity index (χ1n) is 18.8. The fourth-order valence-electron chi connectivity index (χ4n) is 4.26. The summed E-state index contributed by atoms with van der Waals surface area (Å²) < 4.78 is 10.5. The molecule has 50 heavy (non-hydrogen) atoms. The van der Waals surface area contributed by atoms with Crippen LogP contribution in [0.2, 0.25) is 0 Å². The van der Waals surface area contributed by atoms with E-state index in [4.69, 9.17) is 9.47 Å². The zero-order valence-electron chi connectivity index (χ0n) is 31.1. The van der Waals surface area contributed by atoms with Crippen molar-refractivity contribution < 1.29 is 24.2 Å². The predicted molar refractivity (Wildman–Crippen MR) is 214 cm³/mol. The maximum Gasteiger partial charge on any atom is 0.306 e. The highest BCUT2D eigenvalue weighted by molar-refractivity contribution is 5.70. The van der Waals surface area contributed by atoms with E-state index in [0.29, 0.717) is 12.8 Å². The van der Waals surface area contributed by atoms with Crippen molar-refractivity contribution >= 4 is 11.9 Å². The van der Waals surface area contributed by atoms with Crippen molar-refractivity contribution in [2.75, 3.05) is 13.2 Å². The lowest BCUT2D eigenvalue weighted by atomic mass is 10.1. The Morgan fingerprint density at radius 1 is 0.480 bits per heavy atom. The molecule has 0 aliphatic rings. The largest absolute Gasteiger partial charge is 0.462 e. The molecule has 0 bridgehead atoms. The van der Waals surface area contributed by atoms with Gasteiger partial charge in [-0.3, -0.25) is 9.59 Å². The Labute approximate surface area is 305 Å². The Morgan fingerprint density at radius 2 is 0.920 bits per heavy atom. The molecule has 1 unspecified atom stereocenters. The summed E-state index contributed by atoms with van der Waals surface area (Å²) in [6.45, 7) is 3.76. The van der Waals surface area contributed by atoms with E-state index in [1.165, 1.54) is 0 Å². The van der Waals surface area contributed by atoms with Gasteiger partial charge in [-0.1, -0.05) is 154 Å². The molecule has 0 amide bonds. The summed E-state index contributed by atoms with van der Waals surface area (Å²) in [4.78, 5) is 24.2. The average Bonchev–Trinajstić information content (AvgIpc) is 3.12. The highest BCUT2D eigenvalue weighted by atomic mass is 16.6. The van der Waals surface area contributed by atoms with Crippen LogP contribution in [0.3, 0.4) is 0 Å². The molecule has 0 aromatic rings. The van der Waals surface area contributed by atoms with E-state index in [9.17, 15) is 14.7 Å². The number of aliphatic hydroxyl groups is 1. The highest BCUT2D eigenvalue weighted by Crippen LogP contribution is 2.07. The summed E-state index contributed by atoms with van der Waals surface area (Å²) in [5.41, 5.74) is 0. The first-order valence-corrected chi connectivity index (χ1v) is 18.8. The second-order valence-corrected chi connectivity index (χ2v) is 11.6. The van der Waals surface area contributed by atoms with E-state index in [2.05, 4.69) is 111 Å². The molecule has 0 spiro atoms. The minimum Gasteiger partial charge on any atom is -0.462 e. The Kier molecular flexibility index (Phi) is 36.4. The van der Waals surface area contributed by atoms with Crippen LogP contribution in [-0.4, -0.2) is 36.4 Å². The minimum absolute atomic E-state index is 0.120. The number of esters is 2. The molecule has 0 saturated carbocycles. The zero-order valence-corrected chi connectivity index (χ0v) is 31.1. The number of rotatable bonds is 31. The summed E-state index contributed by atoms with van der Waals surface area (Å²) in [5, 5.41) is 9.53. The lowest BCUT2D eigenvalue weighted by Crippen LogP contribution is -2.28. The van der Waals surface area contributed by atoms with Crippen LogP contribution in [0.4, 0.5) is 0 Å². The molecule has 0 aliphatic heterocycles. The lowest BCUT2D eigenvalue weighted by molar-refractivity contribution is -0.161. The van der Waals surface area contributed by atoms with Gasteiger partial charge < -0.3 is 14.6 Å². The van der Waals surface area contributed by atoms with Crippen molar-refractivity contribution in [2.24, 2.45) is 0 Å². The van der Waals surface area contributed by atoms with Crippen LogP contribution in [0.5, 0.6) is 0 Å². The number of hydrogen-bond acceptors (Lipinski definition) is 5. The number of carbonyl (C=O) groups excluding carboxylic acids is 2. The topological polar surface area (TPSA) is 72.8 Å². The fraction of sp³-hybridized carbons (Fsp3) is 0.467. The summed E-state index contributed by atoms with van der Waals surface area (Å²) >= 11 is 0. The minimum atomic E-state index is -0.828. The predicted octanol–water partition coefficient (Wildman–Crippen LogP) is 11.8. The number of ether oxygens (including phenoxy) is 2. The smallest absolute Gasteiger partial charge is 0.306 e. The van der Waals surface area contributed by atoms with Gasteiger partial charge in [-0.15, -0.1) is 0 Å². The third-order valence-corrected chi connectivity index (χ3v) is 7.03. The number of carbonyl (C=O) groups is 2. The van der Waals surface area contributed by atoms with Gasteiger partial charge in [0.2, 0.25) is 0 Å². The Morgan fingerprint density at radius 3 is 1.44 bits per heavy atom. The third kappa shape index (κ3) is 36.9. The average molecular weight is 687 g/mol. The van der Waals surface area contributed by atoms with Gasteiger partial charge in [0, 0.05) is 12.8 Å². The summed E-state index contributed by atoms with van der Waals surface area (Å²) in [7, 11) is 0. The van der Waals surface area contributed by atoms with Gasteiger partial charge in [0.25, 0.3) is 0 Å². The van der Waals surface area contributed by atoms with E-state index in [0.717, 1.165) is 83.5 Å². The first kappa shape index (κ1) is 46.0. The van der Waals surface area contributed by atoms with Crippen LogP contribution in [0.15, 0.2) is 134 Å². The molecule has 5 nitrogen and oxygen atoms in total. The fourth-order valence-corrected chi connectivity index (χ4v) is 4.26. The van der Waals surface area contributed by atoms with Crippen LogP contribution < -0.4 is 0 Å². The molecule has 276 valence electrons. The number of hydrogen-bond donors (Lipinski definition) is 1.